The van der Waals surface area contributed by atoms with Crippen molar-refractivity contribution in [2.75, 3.05) is 0 Å². The molecule has 0 fully saturated rings. The lowest BCUT2D eigenvalue weighted by atomic mass is 10.0. The topological polar surface area (TPSA) is 34.1 Å². The molecule has 0 saturated carbocycles. The molecule has 0 heterocycles. The van der Waals surface area contributed by atoms with Crippen molar-refractivity contribution in [3.05, 3.63) is 60.7 Å². The van der Waals surface area contributed by atoms with E-state index in [1.807, 2.05) is 36.4 Å². The molecule has 2 aromatic carbocycles. The van der Waals surface area contributed by atoms with E-state index in [0.717, 1.165) is 10.8 Å². The largest absolute Gasteiger partial charge is 0.243 e. The van der Waals surface area contributed by atoms with Gasteiger partial charge in [-0.25, -0.2) is 8.42 Å². The van der Waals surface area contributed by atoms with Gasteiger partial charge in [0, 0.05) is 10.7 Å². The second-order valence-corrected chi connectivity index (χ2v) is 6.45. The number of halogens is 1. The van der Waals surface area contributed by atoms with Gasteiger partial charge in [-0.1, -0.05) is 48.5 Å². The summed E-state index contributed by atoms with van der Waals surface area (Å²) in [5, 5.41) is 0.983. The molecule has 0 bridgehead atoms. The fourth-order valence-electron chi connectivity index (χ4n) is 1.89. The summed E-state index contributed by atoms with van der Waals surface area (Å²) in [6, 6.07) is 13.1. The van der Waals surface area contributed by atoms with Gasteiger partial charge >= 0.3 is 0 Å². The highest BCUT2D eigenvalue weighted by Crippen LogP contribution is 2.32. The minimum absolute atomic E-state index is 0.660. The fourth-order valence-corrected chi connectivity index (χ4v) is 3.14. The van der Waals surface area contributed by atoms with Gasteiger partial charge < -0.3 is 0 Å². The highest BCUT2D eigenvalue weighted by Gasteiger charge is 2.23. The number of rotatable bonds is 3. The molecule has 0 N–H and O–H groups in total. The summed E-state index contributed by atoms with van der Waals surface area (Å²) in [5.74, 6) is 0. The SMILES string of the molecule is C=CC(c1cccc2ccccc12)S(=O)(=O)Cl. The molecule has 0 aromatic heterocycles. The Balaban J connectivity index is 2.74. The molecule has 2 aromatic rings. The van der Waals surface area contributed by atoms with E-state index in [9.17, 15) is 8.42 Å². The van der Waals surface area contributed by atoms with Crippen molar-refractivity contribution in [3.63, 3.8) is 0 Å². The number of hydrogen-bond acceptors (Lipinski definition) is 2. The van der Waals surface area contributed by atoms with Crippen molar-refractivity contribution in [1.29, 1.82) is 0 Å². The molecule has 2 rings (SSSR count). The third kappa shape index (κ3) is 2.35. The maximum Gasteiger partial charge on any atom is 0.243 e. The van der Waals surface area contributed by atoms with Gasteiger partial charge in [-0.3, -0.25) is 0 Å². The van der Waals surface area contributed by atoms with Crippen LogP contribution in [0.15, 0.2) is 55.1 Å². The van der Waals surface area contributed by atoms with Crippen LogP contribution >= 0.6 is 10.7 Å². The minimum Gasteiger partial charge on any atom is -0.211 e. The Kier molecular flexibility index (Phi) is 3.22. The van der Waals surface area contributed by atoms with Gasteiger partial charge in [0.2, 0.25) is 9.05 Å². The average molecular weight is 267 g/mol. The molecule has 0 radical (unpaired) electrons. The quantitative estimate of drug-likeness (QED) is 0.628. The lowest BCUT2D eigenvalue weighted by Gasteiger charge is -2.12. The summed E-state index contributed by atoms with van der Waals surface area (Å²) in [7, 11) is 1.73. The van der Waals surface area contributed by atoms with Gasteiger partial charge in [0.05, 0.1) is 0 Å². The first-order chi connectivity index (χ1) is 8.04. The molecule has 4 heteroatoms. The molecular weight excluding hydrogens is 256 g/mol. The van der Waals surface area contributed by atoms with Crippen LogP contribution in [0.5, 0.6) is 0 Å². The fraction of sp³-hybridized carbons (Fsp3) is 0.0769. The summed E-state index contributed by atoms with van der Waals surface area (Å²) in [5.41, 5.74) is 0.660. The maximum absolute atomic E-state index is 11.5. The molecule has 0 amide bonds. The molecule has 2 nitrogen and oxygen atoms in total. The van der Waals surface area contributed by atoms with Gasteiger partial charge in [0.25, 0.3) is 0 Å². The van der Waals surface area contributed by atoms with E-state index in [4.69, 9.17) is 10.7 Å². The summed E-state index contributed by atoms with van der Waals surface area (Å²) < 4.78 is 23.0. The van der Waals surface area contributed by atoms with Gasteiger partial charge in [-0.2, -0.15) is 0 Å². The van der Waals surface area contributed by atoms with Crippen molar-refractivity contribution in [2.24, 2.45) is 0 Å². The van der Waals surface area contributed by atoms with Crippen molar-refractivity contribution >= 4 is 30.5 Å². The zero-order chi connectivity index (χ0) is 12.5. The van der Waals surface area contributed by atoms with Crippen LogP contribution in [0, 0.1) is 0 Å². The first-order valence-electron chi connectivity index (χ1n) is 5.07. The van der Waals surface area contributed by atoms with E-state index in [1.165, 1.54) is 6.08 Å². The van der Waals surface area contributed by atoms with E-state index in [0.29, 0.717) is 5.56 Å². The Hall–Kier alpha value is -1.32. The monoisotopic (exact) mass is 266 g/mol. The first kappa shape index (κ1) is 12.1. The smallest absolute Gasteiger partial charge is 0.211 e. The molecular formula is C13H11ClO2S. The molecule has 1 atom stereocenters. The van der Waals surface area contributed by atoms with Crippen LogP contribution in [0.1, 0.15) is 10.8 Å². The maximum atomic E-state index is 11.5. The highest BCUT2D eigenvalue weighted by molar-refractivity contribution is 8.14. The van der Waals surface area contributed by atoms with Crippen LogP contribution in [-0.2, 0) is 9.05 Å². The van der Waals surface area contributed by atoms with Crippen LogP contribution in [0.2, 0.25) is 0 Å². The van der Waals surface area contributed by atoms with E-state index < -0.39 is 14.3 Å². The van der Waals surface area contributed by atoms with Gasteiger partial charge in [0.1, 0.15) is 5.25 Å². The molecule has 0 saturated heterocycles. The van der Waals surface area contributed by atoms with E-state index in [-0.39, 0.29) is 0 Å². The Morgan fingerprint density at radius 3 is 2.41 bits per heavy atom. The van der Waals surface area contributed by atoms with Gasteiger partial charge in [-0.15, -0.1) is 6.58 Å². The van der Waals surface area contributed by atoms with Crippen LogP contribution < -0.4 is 0 Å². The zero-order valence-corrected chi connectivity index (χ0v) is 10.6. The van der Waals surface area contributed by atoms with Crippen LogP contribution in [0.3, 0.4) is 0 Å². The minimum atomic E-state index is -3.71. The summed E-state index contributed by atoms with van der Waals surface area (Å²) >= 11 is 0. The Bertz CT molecular complexity index is 657. The Morgan fingerprint density at radius 1 is 1.12 bits per heavy atom. The normalized spacial score (nSPS) is 13.5. The molecule has 1 unspecified atom stereocenters. The third-order valence-electron chi connectivity index (χ3n) is 2.65. The molecule has 17 heavy (non-hydrogen) atoms. The second-order valence-electron chi connectivity index (χ2n) is 3.70. The lowest BCUT2D eigenvalue weighted by molar-refractivity contribution is 0.604. The summed E-state index contributed by atoms with van der Waals surface area (Å²) in [6.45, 7) is 3.55. The number of hydrogen-bond donors (Lipinski definition) is 0. The Labute approximate surface area is 105 Å². The first-order valence-corrected chi connectivity index (χ1v) is 7.45. The molecule has 0 spiro atoms. The van der Waals surface area contributed by atoms with Gasteiger partial charge in [-0.05, 0) is 16.3 Å². The van der Waals surface area contributed by atoms with Crippen LogP contribution in [0.4, 0.5) is 0 Å². The number of fused-ring (bicyclic) bond motifs is 1. The molecule has 0 aliphatic rings. The predicted molar refractivity (Wildman–Crippen MR) is 71.7 cm³/mol. The van der Waals surface area contributed by atoms with E-state index in [2.05, 4.69) is 6.58 Å². The van der Waals surface area contributed by atoms with Crippen molar-refractivity contribution in [2.45, 2.75) is 5.25 Å². The molecule has 0 aliphatic carbocycles. The summed E-state index contributed by atoms with van der Waals surface area (Å²) in [4.78, 5) is 0. The van der Waals surface area contributed by atoms with Crippen LogP contribution in [0.25, 0.3) is 10.8 Å². The van der Waals surface area contributed by atoms with Crippen molar-refractivity contribution in [1.82, 2.24) is 0 Å². The highest BCUT2D eigenvalue weighted by atomic mass is 35.7. The second kappa shape index (κ2) is 4.51. The number of benzene rings is 2. The summed E-state index contributed by atoms with van der Waals surface area (Å²) in [6.07, 6.45) is 1.35. The lowest BCUT2D eigenvalue weighted by Crippen LogP contribution is -2.04. The predicted octanol–water partition coefficient (Wildman–Crippen LogP) is 3.64. The Morgan fingerprint density at radius 2 is 1.76 bits per heavy atom. The zero-order valence-electron chi connectivity index (χ0n) is 9.01. The third-order valence-corrected chi connectivity index (χ3v) is 4.28. The van der Waals surface area contributed by atoms with E-state index in [1.54, 1.807) is 6.07 Å². The van der Waals surface area contributed by atoms with Gasteiger partial charge in [0.15, 0.2) is 0 Å². The van der Waals surface area contributed by atoms with Crippen molar-refractivity contribution < 1.29 is 8.42 Å². The van der Waals surface area contributed by atoms with Crippen LogP contribution in [-0.4, -0.2) is 8.42 Å². The van der Waals surface area contributed by atoms with Crippen molar-refractivity contribution in [3.8, 4) is 0 Å². The average Bonchev–Trinajstić information content (AvgIpc) is 2.28. The standard InChI is InChI=1S/C13H11ClO2S/c1-2-13(17(14,15)16)12-9-5-7-10-6-3-4-8-11(10)12/h2-9,13H,1H2. The molecule has 88 valence electrons. The molecule has 0 aliphatic heterocycles. The van der Waals surface area contributed by atoms with E-state index >= 15 is 0 Å².